The van der Waals surface area contributed by atoms with Crippen LogP contribution in [0.3, 0.4) is 0 Å². The maximum atomic E-state index is 6.61. The smallest absolute Gasteiger partial charge is 0.0164 e. The van der Waals surface area contributed by atoms with Crippen molar-refractivity contribution in [2.75, 3.05) is 0 Å². The third kappa shape index (κ3) is 1.81. The summed E-state index contributed by atoms with van der Waals surface area (Å²) in [7, 11) is 0. The molecule has 1 heteroatoms. The van der Waals surface area contributed by atoms with Gasteiger partial charge in [0.25, 0.3) is 0 Å². The molecule has 0 spiro atoms. The van der Waals surface area contributed by atoms with E-state index in [1.54, 1.807) is 0 Å². The van der Waals surface area contributed by atoms with Gasteiger partial charge in [0, 0.05) is 5.54 Å². The van der Waals surface area contributed by atoms with Crippen molar-refractivity contribution < 1.29 is 0 Å². The Kier molecular flexibility index (Phi) is 2.58. The Morgan fingerprint density at radius 2 is 1.75 bits per heavy atom. The molecule has 2 N–H and O–H groups in total. The maximum absolute atomic E-state index is 6.61. The van der Waals surface area contributed by atoms with E-state index in [0.29, 0.717) is 5.41 Å². The van der Waals surface area contributed by atoms with Gasteiger partial charge in [0.1, 0.15) is 0 Å². The second kappa shape index (κ2) is 3.73. The summed E-state index contributed by atoms with van der Waals surface area (Å²) >= 11 is 0. The average Bonchev–Trinajstić information content (AvgIpc) is 2.13. The number of rotatable bonds is 4. The highest BCUT2D eigenvalue weighted by atomic mass is 14.8. The summed E-state index contributed by atoms with van der Waals surface area (Å²) < 4.78 is 0. The second-order valence-corrected chi connectivity index (χ2v) is 7.28. The molecule has 4 aliphatic carbocycles. The lowest BCUT2D eigenvalue weighted by molar-refractivity contribution is -0.0721. The zero-order valence-electron chi connectivity index (χ0n) is 10.8. The number of hydrogen-bond acceptors (Lipinski definition) is 1. The molecule has 4 bridgehead atoms. The molecule has 0 aliphatic heterocycles. The molecule has 4 aliphatic rings. The SMILES string of the molecule is CCCCCC12CC3CC(CC(N)(C3)C1)C2. The van der Waals surface area contributed by atoms with Crippen LogP contribution in [-0.4, -0.2) is 5.54 Å². The van der Waals surface area contributed by atoms with Gasteiger partial charge in [0.05, 0.1) is 0 Å². The van der Waals surface area contributed by atoms with Crippen molar-refractivity contribution in [2.45, 2.75) is 76.7 Å². The molecule has 1 nitrogen and oxygen atoms in total. The molecular formula is C15H27N. The minimum absolute atomic E-state index is 0.260. The molecule has 2 unspecified atom stereocenters. The second-order valence-electron chi connectivity index (χ2n) is 7.28. The first-order chi connectivity index (χ1) is 7.63. The maximum Gasteiger partial charge on any atom is 0.0164 e. The van der Waals surface area contributed by atoms with Crippen LogP contribution in [0.4, 0.5) is 0 Å². The van der Waals surface area contributed by atoms with Crippen LogP contribution in [0.5, 0.6) is 0 Å². The Morgan fingerprint density at radius 3 is 2.31 bits per heavy atom. The quantitative estimate of drug-likeness (QED) is 0.717. The molecule has 0 amide bonds. The van der Waals surface area contributed by atoms with Crippen molar-refractivity contribution in [3.8, 4) is 0 Å². The van der Waals surface area contributed by atoms with Crippen LogP contribution in [0.25, 0.3) is 0 Å². The van der Waals surface area contributed by atoms with Crippen molar-refractivity contribution >= 4 is 0 Å². The molecule has 0 aromatic rings. The van der Waals surface area contributed by atoms with Gasteiger partial charge in [-0.1, -0.05) is 26.2 Å². The molecule has 4 rings (SSSR count). The van der Waals surface area contributed by atoms with Gasteiger partial charge in [0.15, 0.2) is 0 Å². The third-order valence-electron chi connectivity index (χ3n) is 5.54. The van der Waals surface area contributed by atoms with Crippen LogP contribution in [-0.2, 0) is 0 Å². The fourth-order valence-electron chi connectivity index (χ4n) is 5.57. The molecule has 0 radical (unpaired) electrons. The Morgan fingerprint density at radius 1 is 1.06 bits per heavy atom. The van der Waals surface area contributed by atoms with E-state index in [-0.39, 0.29) is 5.54 Å². The Hall–Kier alpha value is -0.0400. The van der Waals surface area contributed by atoms with E-state index in [1.165, 1.54) is 64.2 Å². The van der Waals surface area contributed by atoms with E-state index in [0.717, 1.165) is 11.8 Å². The van der Waals surface area contributed by atoms with Crippen LogP contribution >= 0.6 is 0 Å². The van der Waals surface area contributed by atoms with Crippen LogP contribution in [0, 0.1) is 17.3 Å². The molecule has 2 atom stereocenters. The van der Waals surface area contributed by atoms with Crippen LogP contribution in [0.2, 0.25) is 0 Å². The lowest BCUT2D eigenvalue weighted by Gasteiger charge is -2.61. The van der Waals surface area contributed by atoms with Gasteiger partial charge in [-0.25, -0.2) is 0 Å². The summed E-state index contributed by atoms with van der Waals surface area (Å²) in [5.41, 5.74) is 7.56. The van der Waals surface area contributed by atoms with Crippen molar-refractivity contribution in [3.63, 3.8) is 0 Å². The molecule has 4 saturated carbocycles. The fraction of sp³-hybridized carbons (Fsp3) is 1.00. The first kappa shape index (κ1) is 11.1. The highest BCUT2D eigenvalue weighted by Crippen LogP contribution is 2.62. The van der Waals surface area contributed by atoms with Gasteiger partial charge in [-0.2, -0.15) is 0 Å². The average molecular weight is 221 g/mol. The van der Waals surface area contributed by atoms with Gasteiger partial charge < -0.3 is 5.73 Å². The van der Waals surface area contributed by atoms with Gasteiger partial charge in [-0.3, -0.25) is 0 Å². The first-order valence-electron chi connectivity index (χ1n) is 7.42. The predicted molar refractivity (Wildman–Crippen MR) is 68.2 cm³/mol. The highest BCUT2D eigenvalue weighted by Gasteiger charge is 2.55. The van der Waals surface area contributed by atoms with Crippen molar-refractivity contribution in [2.24, 2.45) is 23.0 Å². The lowest BCUT2D eigenvalue weighted by Crippen LogP contribution is -2.60. The summed E-state index contributed by atoms with van der Waals surface area (Å²) in [6.07, 6.45) is 14.3. The molecule has 92 valence electrons. The minimum atomic E-state index is 0.260. The van der Waals surface area contributed by atoms with E-state index in [1.807, 2.05) is 0 Å². The minimum Gasteiger partial charge on any atom is -0.325 e. The van der Waals surface area contributed by atoms with Crippen molar-refractivity contribution in [1.29, 1.82) is 0 Å². The van der Waals surface area contributed by atoms with Crippen LogP contribution < -0.4 is 5.73 Å². The van der Waals surface area contributed by atoms with Crippen LogP contribution in [0.15, 0.2) is 0 Å². The van der Waals surface area contributed by atoms with Gasteiger partial charge >= 0.3 is 0 Å². The van der Waals surface area contributed by atoms with Crippen LogP contribution in [0.1, 0.15) is 71.1 Å². The Balaban J connectivity index is 1.71. The summed E-state index contributed by atoms with van der Waals surface area (Å²) in [4.78, 5) is 0. The zero-order valence-corrected chi connectivity index (χ0v) is 10.8. The van der Waals surface area contributed by atoms with Gasteiger partial charge in [-0.15, -0.1) is 0 Å². The molecular weight excluding hydrogens is 194 g/mol. The van der Waals surface area contributed by atoms with E-state index in [4.69, 9.17) is 5.73 Å². The molecule has 16 heavy (non-hydrogen) atoms. The van der Waals surface area contributed by atoms with E-state index < -0.39 is 0 Å². The van der Waals surface area contributed by atoms with E-state index >= 15 is 0 Å². The largest absolute Gasteiger partial charge is 0.325 e. The van der Waals surface area contributed by atoms with Crippen molar-refractivity contribution in [1.82, 2.24) is 0 Å². The summed E-state index contributed by atoms with van der Waals surface area (Å²) in [5, 5.41) is 0. The predicted octanol–water partition coefficient (Wildman–Crippen LogP) is 3.86. The summed E-state index contributed by atoms with van der Waals surface area (Å²) in [6.45, 7) is 2.31. The fourth-order valence-corrected chi connectivity index (χ4v) is 5.57. The number of unbranched alkanes of at least 4 members (excludes halogenated alkanes) is 2. The van der Waals surface area contributed by atoms with Gasteiger partial charge in [-0.05, 0) is 62.2 Å². The molecule has 0 aromatic heterocycles. The molecule has 0 aromatic carbocycles. The zero-order chi connectivity index (χ0) is 11.2. The Bertz CT molecular complexity index is 257. The monoisotopic (exact) mass is 221 g/mol. The molecule has 4 fully saturated rings. The topological polar surface area (TPSA) is 26.0 Å². The summed E-state index contributed by atoms with van der Waals surface area (Å²) in [5.74, 6) is 1.99. The van der Waals surface area contributed by atoms with Gasteiger partial charge in [0.2, 0.25) is 0 Å². The normalized spacial score (nSPS) is 49.9. The summed E-state index contributed by atoms with van der Waals surface area (Å²) in [6, 6.07) is 0. The van der Waals surface area contributed by atoms with Crippen molar-refractivity contribution in [3.05, 3.63) is 0 Å². The third-order valence-corrected chi connectivity index (χ3v) is 5.54. The Labute approximate surface area is 100 Å². The highest BCUT2D eigenvalue weighted by molar-refractivity contribution is 5.10. The molecule has 0 saturated heterocycles. The number of hydrogen-bond donors (Lipinski definition) is 1. The lowest BCUT2D eigenvalue weighted by atomic mass is 9.46. The van der Waals surface area contributed by atoms with E-state index in [9.17, 15) is 0 Å². The number of nitrogens with two attached hydrogens (primary N) is 1. The van der Waals surface area contributed by atoms with E-state index in [2.05, 4.69) is 6.92 Å². The first-order valence-corrected chi connectivity index (χ1v) is 7.42. The standard InChI is InChI=1S/C15H27N/c1-2-3-4-5-14-7-12-6-13(8-14)10-15(16,9-12)11-14/h12-13H,2-11,16H2,1H3. The molecule has 0 heterocycles.